The lowest BCUT2D eigenvalue weighted by Gasteiger charge is -2.07. The zero-order chi connectivity index (χ0) is 12.7. The molecule has 4 heteroatoms. The van der Waals surface area contributed by atoms with E-state index in [1.165, 1.54) is 0 Å². The van der Waals surface area contributed by atoms with E-state index in [0.29, 0.717) is 23.3 Å². The maximum atomic E-state index is 10.7. The molecule has 0 aliphatic rings. The molecule has 1 rings (SSSR count). The Balaban J connectivity index is 3.04. The molecule has 0 aliphatic carbocycles. The fraction of sp³-hybridized carbons (Fsp3) is 0.231. The van der Waals surface area contributed by atoms with Gasteiger partial charge in [0.15, 0.2) is 0 Å². The number of carbonyl (C=O) groups is 1. The highest BCUT2D eigenvalue weighted by Crippen LogP contribution is 2.16. The molecule has 0 fully saturated rings. The van der Waals surface area contributed by atoms with Crippen LogP contribution in [0.5, 0.6) is 0 Å². The monoisotopic (exact) mass is 231 g/mol. The van der Waals surface area contributed by atoms with Crippen molar-refractivity contribution in [2.24, 2.45) is 0 Å². The molecule has 0 spiro atoms. The number of nitriles is 1. The second kappa shape index (κ2) is 6.46. The molecule has 0 unspecified atom stereocenters. The lowest BCUT2D eigenvalue weighted by molar-refractivity contribution is -0.131. The van der Waals surface area contributed by atoms with Crippen molar-refractivity contribution in [2.45, 2.75) is 6.92 Å². The first kappa shape index (κ1) is 12.9. The van der Waals surface area contributed by atoms with E-state index in [-0.39, 0.29) is 6.61 Å². The molecule has 0 bridgehead atoms. The molecule has 0 radical (unpaired) electrons. The van der Waals surface area contributed by atoms with Gasteiger partial charge in [-0.25, -0.2) is 4.79 Å². The van der Waals surface area contributed by atoms with Crippen LogP contribution in [0.1, 0.15) is 18.1 Å². The third-order valence-electron chi connectivity index (χ3n) is 2.12. The number of benzene rings is 1. The number of rotatable bonds is 5. The van der Waals surface area contributed by atoms with Crippen molar-refractivity contribution in [3.05, 3.63) is 41.5 Å². The van der Waals surface area contributed by atoms with Gasteiger partial charge in [0.1, 0.15) is 0 Å². The van der Waals surface area contributed by atoms with Gasteiger partial charge in [-0.1, -0.05) is 12.1 Å². The average molecular weight is 231 g/mol. The lowest BCUT2D eigenvalue weighted by atomic mass is 10.0. The minimum Gasteiger partial charge on any atom is -0.478 e. The Bertz CT molecular complexity index is 472. The molecule has 0 atom stereocenters. The first-order valence-electron chi connectivity index (χ1n) is 5.19. The van der Waals surface area contributed by atoms with Crippen LogP contribution in [0.2, 0.25) is 0 Å². The van der Waals surface area contributed by atoms with Crippen LogP contribution in [0.15, 0.2) is 30.3 Å². The van der Waals surface area contributed by atoms with Gasteiger partial charge in [-0.15, -0.1) is 0 Å². The molecule has 1 aromatic carbocycles. The van der Waals surface area contributed by atoms with Crippen molar-refractivity contribution >= 4 is 11.5 Å². The van der Waals surface area contributed by atoms with Crippen LogP contribution in [0.3, 0.4) is 0 Å². The van der Waals surface area contributed by atoms with Gasteiger partial charge in [0, 0.05) is 12.7 Å². The van der Waals surface area contributed by atoms with Crippen molar-refractivity contribution in [3.63, 3.8) is 0 Å². The summed E-state index contributed by atoms with van der Waals surface area (Å²) in [5, 5.41) is 17.6. The summed E-state index contributed by atoms with van der Waals surface area (Å²) < 4.78 is 5.21. The Hall–Kier alpha value is -2.12. The minimum absolute atomic E-state index is 0.220. The molecule has 1 N–H and O–H groups in total. The Labute approximate surface area is 99.8 Å². The van der Waals surface area contributed by atoms with Crippen LogP contribution in [-0.2, 0) is 9.53 Å². The fourth-order valence-corrected chi connectivity index (χ4v) is 1.36. The van der Waals surface area contributed by atoms with E-state index in [9.17, 15) is 4.79 Å². The van der Waals surface area contributed by atoms with Crippen LogP contribution in [0, 0.1) is 11.3 Å². The molecule has 88 valence electrons. The molecule has 0 aromatic heterocycles. The number of hydrogen-bond donors (Lipinski definition) is 1. The van der Waals surface area contributed by atoms with E-state index in [0.717, 1.165) is 6.08 Å². The van der Waals surface area contributed by atoms with E-state index in [1.807, 2.05) is 13.0 Å². The highest BCUT2D eigenvalue weighted by atomic mass is 16.5. The van der Waals surface area contributed by atoms with Crippen LogP contribution in [-0.4, -0.2) is 24.3 Å². The minimum atomic E-state index is -1.03. The number of nitrogens with zero attached hydrogens (tertiary/aromatic N) is 1. The summed E-state index contributed by atoms with van der Waals surface area (Å²) in [7, 11) is 0. The van der Waals surface area contributed by atoms with Crippen molar-refractivity contribution in [1.82, 2.24) is 0 Å². The highest BCUT2D eigenvalue weighted by Gasteiger charge is 2.05. The van der Waals surface area contributed by atoms with Gasteiger partial charge in [0.2, 0.25) is 0 Å². The highest BCUT2D eigenvalue weighted by molar-refractivity contribution is 5.90. The molecule has 1 aromatic rings. The van der Waals surface area contributed by atoms with Crippen LogP contribution >= 0.6 is 0 Å². The summed E-state index contributed by atoms with van der Waals surface area (Å²) in [5.74, 6) is -1.03. The Kier molecular flexibility index (Phi) is 4.92. The quantitative estimate of drug-likeness (QED) is 0.787. The summed E-state index contributed by atoms with van der Waals surface area (Å²) in [6.07, 6.45) is 1.10. The van der Waals surface area contributed by atoms with E-state index in [1.54, 1.807) is 24.3 Å². The third-order valence-corrected chi connectivity index (χ3v) is 2.12. The Morgan fingerprint density at radius 3 is 2.94 bits per heavy atom. The smallest absolute Gasteiger partial charge is 0.328 e. The second-order valence-electron chi connectivity index (χ2n) is 3.34. The summed E-state index contributed by atoms with van der Waals surface area (Å²) in [5.41, 5.74) is 1.74. The molecule has 0 aliphatic heterocycles. The Morgan fingerprint density at radius 1 is 1.59 bits per heavy atom. The Morgan fingerprint density at radius 2 is 2.35 bits per heavy atom. The van der Waals surface area contributed by atoms with Gasteiger partial charge in [-0.3, -0.25) is 0 Å². The number of aliphatic carboxylic acids is 1. The van der Waals surface area contributed by atoms with E-state index in [4.69, 9.17) is 15.1 Å². The van der Waals surface area contributed by atoms with Gasteiger partial charge in [-0.05, 0) is 30.2 Å². The van der Waals surface area contributed by atoms with Crippen molar-refractivity contribution in [2.75, 3.05) is 13.2 Å². The third kappa shape index (κ3) is 4.09. The zero-order valence-electron chi connectivity index (χ0n) is 9.51. The number of carboxylic acid groups (broad SMARTS) is 1. The van der Waals surface area contributed by atoms with Crippen molar-refractivity contribution in [1.29, 1.82) is 5.26 Å². The summed E-state index contributed by atoms with van der Waals surface area (Å²) in [6.45, 7) is 2.57. The summed E-state index contributed by atoms with van der Waals surface area (Å²) in [4.78, 5) is 10.7. The van der Waals surface area contributed by atoms with Gasteiger partial charge in [-0.2, -0.15) is 5.26 Å². The topological polar surface area (TPSA) is 70.3 Å². The van der Waals surface area contributed by atoms with Crippen molar-refractivity contribution < 1.29 is 14.6 Å². The molecular weight excluding hydrogens is 218 g/mol. The maximum absolute atomic E-state index is 10.7. The van der Waals surface area contributed by atoms with E-state index >= 15 is 0 Å². The molecular formula is C13H13NO3. The molecule has 0 amide bonds. The predicted octanol–water partition coefficient (Wildman–Crippen LogP) is 2.06. The van der Waals surface area contributed by atoms with Gasteiger partial charge in [0.05, 0.1) is 18.2 Å². The average Bonchev–Trinajstić information content (AvgIpc) is 2.34. The number of hydrogen-bond acceptors (Lipinski definition) is 3. The molecule has 0 saturated heterocycles. The van der Waals surface area contributed by atoms with Gasteiger partial charge < -0.3 is 9.84 Å². The van der Waals surface area contributed by atoms with E-state index in [2.05, 4.69) is 0 Å². The molecule has 0 saturated carbocycles. The summed E-state index contributed by atoms with van der Waals surface area (Å²) in [6, 6.07) is 8.81. The molecule has 0 heterocycles. The maximum Gasteiger partial charge on any atom is 0.328 e. The van der Waals surface area contributed by atoms with E-state index < -0.39 is 5.97 Å². The predicted molar refractivity (Wildman–Crippen MR) is 63.3 cm³/mol. The van der Waals surface area contributed by atoms with Crippen LogP contribution in [0.4, 0.5) is 0 Å². The lowest BCUT2D eigenvalue weighted by Crippen LogP contribution is -2.01. The summed E-state index contributed by atoms with van der Waals surface area (Å²) >= 11 is 0. The normalized spacial score (nSPS) is 10.9. The standard InChI is InChI=1S/C13H13NO3/c1-2-17-9-12(7-13(15)16)11-5-3-4-10(6-11)8-14/h3-7H,2,9H2,1H3,(H,15,16)/b12-7-. The van der Waals surface area contributed by atoms with Crippen LogP contribution < -0.4 is 0 Å². The second-order valence-corrected chi connectivity index (χ2v) is 3.34. The van der Waals surface area contributed by atoms with Crippen molar-refractivity contribution in [3.8, 4) is 6.07 Å². The molecule has 4 nitrogen and oxygen atoms in total. The SMILES string of the molecule is CCOC/C(=C/C(=O)O)c1cccc(C#N)c1. The zero-order valence-corrected chi connectivity index (χ0v) is 9.51. The first-order valence-corrected chi connectivity index (χ1v) is 5.19. The van der Waals surface area contributed by atoms with Gasteiger partial charge >= 0.3 is 5.97 Å². The van der Waals surface area contributed by atoms with Gasteiger partial charge in [0.25, 0.3) is 0 Å². The number of carboxylic acids is 1. The fourth-order valence-electron chi connectivity index (χ4n) is 1.36. The largest absolute Gasteiger partial charge is 0.478 e. The van der Waals surface area contributed by atoms with Crippen LogP contribution in [0.25, 0.3) is 5.57 Å². The molecule has 17 heavy (non-hydrogen) atoms. The first-order chi connectivity index (χ1) is 8.17. The number of ether oxygens (including phenoxy) is 1.